The van der Waals surface area contributed by atoms with Crippen molar-refractivity contribution in [3.63, 3.8) is 0 Å². The van der Waals surface area contributed by atoms with E-state index in [1.165, 1.54) is 0 Å². The minimum absolute atomic E-state index is 0.235. The molecule has 0 unspecified atom stereocenters. The third-order valence-corrected chi connectivity index (χ3v) is 4.03. The topological polar surface area (TPSA) is 79.0 Å². The predicted molar refractivity (Wildman–Crippen MR) is 100 cm³/mol. The summed E-state index contributed by atoms with van der Waals surface area (Å²) in [6.45, 7) is 2.74. The number of ether oxygens (including phenoxy) is 1. The first-order valence-electron chi connectivity index (χ1n) is 8.38. The van der Waals surface area contributed by atoms with Crippen LogP contribution in [0.4, 0.5) is 10.6 Å². The summed E-state index contributed by atoms with van der Waals surface area (Å²) in [6.07, 6.45) is 2.00. The number of rotatable bonds is 6. The molecule has 0 atom stereocenters. The first-order valence-corrected chi connectivity index (χ1v) is 8.38. The first kappa shape index (κ1) is 16.8. The number of carbonyl (C=O) groups is 1. The fourth-order valence-electron chi connectivity index (χ4n) is 2.61. The molecule has 130 valence electrons. The molecule has 2 amide bonds. The van der Waals surface area contributed by atoms with Crippen molar-refractivity contribution >= 4 is 22.8 Å². The second-order valence-corrected chi connectivity index (χ2v) is 5.80. The molecule has 1 heterocycles. The van der Waals surface area contributed by atoms with Gasteiger partial charge in [-0.2, -0.15) is 5.10 Å². The molecule has 0 aliphatic carbocycles. The van der Waals surface area contributed by atoms with Gasteiger partial charge in [0.1, 0.15) is 5.75 Å². The van der Waals surface area contributed by atoms with E-state index in [-0.39, 0.29) is 6.03 Å². The molecular formula is C19H22N4O2. The summed E-state index contributed by atoms with van der Waals surface area (Å²) in [6, 6.07) is 13.6. The molecule has 6 nitrogen and oxygen atoms in total. The van der Waals surface area contributed by atoms with Crippen LogP contribution in [0.15, 0.2) is 42.5 Å². The van der Waals surface area contributed by atoms with Crippen LogP contribution in [0.1, 0.15) is 19.8 Å². The Morgan fingerprint density at radius 3 is 2.64 bits per heavy atom. The fourth-order valence-corrected chi connectivity index (χ4v) is 2.61. The number of urea groups is 1. The van der Waals surface area contributed by atoms with Gasteiger partial charge in [0, 0.05) is 11.9 Å². The number of methoxy groups -OCH3 is 1. The fraction of sp³-hybridized carbons (Fsp3) is 0.263. The Morgan fingerprint density at radius 2 is 1.92 bits per heavy atom. The Morgan fingerprint density at radius 1 is 1.16 bits per heavy atom. The number of aromatic amines is 1. The maximum absolute atomic E-state index is 11.9. The van der Waals surface area contributed by atoms with Gasteiger partial charge in [-0.05, 0) is 41.8 Å². The van der Waals surface area contributed by atoms with Gasteiger partial charge in [0.25, 0.3) is 0 Å². The van der Waals surface area contributed by atoms with E-state index < -0.39 is 0 Å². The summed E-state index contributed by atoms with van der Waals surface area (Å²) in [7, 11) is 1.65. The van der Waals surface area contributed by atoms with Crippen LogP contribution in [-0.4, -0.2) is 29.9 Å². The normalized spacial score (nSPS) is 10.6. The number of carbonyl (C=O) groups excluding carboxylic acids is 1. The molecule has 0 saturated heterocycles. The summed E-state index contributed by atoms with van der Waals surface area (Å²) < 4.78 is 5.19. The molecule has 3 N–H and O–H groups in total. The number of H-pyrrole nitrogens is 1. The second-order valence-electron chi connectivity index (χ2n) is 5.80. The van der Waals surface area contributed by atoms with E-state index in [4.69, 9.17) is 4.74 Å². The molecule has 3 aromatic rings. The summed E-state index contributed by atoms with van der Waals surface area (Å²) in [5.41, 5.74) is 3.03. The van der Waals surface area contributed by atoms with Crippen LogP contribution in [-0.2, 0) is 0 Å². The Balaban J connectivity index is 1.77. The van der Waals surface area contributed by atoms with Crippen LogP contribution in [0.5, 0.6) is 5.75 Å². The molecule has 25 heavy (non-hydrogen) atoms. The van der Waals surface area contributed by atoms with E-state index in [1.807, 2.05) is 42.5 Å². The van der Waals surface area contributed by atoms with E-state index in [0.717, 1.165) is 40.6 Å². The van der Waals surface area contributed by atoms with Crippen LogP contribution in [0.2, 0.25) is 0 Å². The first-order chi connectivity index (χ1) is 12.2. The van der Waals surface area contributed by atoms with Gasteiger partial charge in [-0.3, -0.25) is 10.4 Å². The highest BCUT2D eigenvalue weighted by Crippen LogP contribution is 2.28. The molecule has 6 heteroatoms. The van der Waals surface area contributed by atoms with E-state index in [1.54, 1.807) is 7.11 Å². The molecule has 0 radical (unpaired) electrons. The van der Waals surface area contributed by atoms with Crippen LogP contribution in [0.3, 0.4) is 0 Å². The SMILES string of the molecule is CCCCNC(=O)Nc1n[nH]c2cc(-c3ccc(OC)cc3)ccc12. The van der Waals surface area contributed by atoms with Crippen molar-refractivity contribution in [2.75, 3.05) is 19.0 Å². The minimum atomic E-state index is -0.235. The van der Waals surface area contributed by atoms with Gasteiger partial charge in [0.2, 0.25) is 0 Å². The third kappa shape index (κ3) is 3.91. The Hall–Kier alpha value is -3.02. The zero-order valence-electron chi connectivity index (χ0n) is 14.4. The lowest BCUT2D eigenvalue weighted by atomic mass is 10.0. The molecule has 2 aromatic carbocycles. The number of anilines is 1. The number of benzene rings is 2. The quantitative estimate of drug-likeness (QED) is 0.591. The average Bonchev–Trinajstić information content (AvgIpc) is 3.04. The lowest BCUT2D eigenvalue weighted by Gasteiger charge is -2.06. The predicted octanol–water partition coefficient (Wildman–Crippen LogP) is 4.16. The van der Waals surface area contributed by atoms with E-state index in [2.05, 4.69) is 27.8 Å². The van der Waals surface area contributed by atoms with Crippen molar-refractivity contribution in [3.05, 3.63) is 42.5 Å². The second kappa shape index (κ2) is 7.70. The van der Waals surface area contributed by atoms with E-state index in [0.29, 0.717) is 12.4 Å². The van der Waals surface area contributed by atoms with E-state index in [9.17, 15) is 4.79 Å². The summed E-state index contributed by atoms with van der Waals surface area (Å²) in [5.74, 6) is 1.36. The van der Waals surface area contributed by atoms with Crippen molar-refractivity contribution in [1.82, 2.24) is 15.5 Å². The van der Waals surface area contributed by atoms with Gasteiger partial charge < -0.3 is 10.1 Å². The number of hydrogen-bond donors (Lipinski definition) is 3. The minimum Gasteiger partial charge on any atom is -0.497 e. The molecule has 0 aliphatic rings. The Bertz CT molecular complexity index is 855. The highest BCUT2D eigenvalue weighted by atomic mass is 16.5. The number of fused-ring (bicyclic) bond motifs is 1. The molecule has 0 aliphatic heterocycles. The molecule has 0 spiro atoms. The number of nitrogens with one attached hydrogen (secondary N) is 3. The lowest BCUT2D eigenvalue weighted by Crippen LogP contribution is -2.29. The molecular weight excluding hydrogens is 316 g/mol. The molecule has 0 fully saturated rings. The summed E-state index contributed by atoms with van der Waals surface area (Å²) in [5, 5.41) is 13.7. The van der Waals surface area contributed by atoms with Gasteiger partial charge in [-0.1, -0.05) is 31.5 Å². The number of amides is 2. The van der Waals surface area contributed by atoms with Crippen molar-refractivity contribution in [3.8, 4) is 16.9 Å². The average molecular weight is 338 g/mol. The van der Waals surface area contributed by atoms with Gasteiger partial charge in [-0.15, -0.1) is 0 Å². The number of hydrogen-bond acceptors (Lipinski definition) is 3. The van der Waals surface area contributed by atoms with Crippen LogP contribution < -0.4 is 15.4 Å². The summed E-state index contributed by atoms with van der Waals surface area (Å²) >= 11 is 0. The molecule has 1 aromatic heterocycles. The van der Waals surface area contributed by atoms with Crippen molar-refractivity contribution in [2.24, 2.45) is 0 Å². The maximum Gasteiger partial charge on any atom is 0.320 e. The van der Waals surface area contributed by atoms with Crippen LogP contribution >= 0.6 is 0 Å². The summed E-state index contributed by atoms with van der Waals surface area (Å²) in [4.78, 5) is 11.9. The standard InChI is InChI=1S/C19H22N4O2/c1-3-4-11-20-19(24)21-18-16-10-7-14(12-17(16)22-23-18)13-5-8-15(25-2)9-6-13/h5-10,12H,3-4,11H2,1-2H3,(H3,20,21,22,23,24). The highest BCUT2D eigenvalue weighted by Gasteiger charge is 2.10. The number of nitrogens with zero attached hydrogens (tertiary/aromatic N) is 1. The van der Waals surface area contributed by atoms with Crippen LogP contribution in [0.25, 0.3) is 22.0 Å². The van der Waals surface area contributed by atoms with Gasteiger partial charge in [0.15, 0.2) is 5.82 Å². The Labute approximate surface area is 146 Å². The smallest absolute Gasteiger partial charge is 0.320 e. The van der Waals surface area contributed by atoms with Gasteiger partial charge >= 0.3 is 6.03 Å². The zero-order valence-corrected chi connectivity index (χ0v) is 14.4. The van der Waals surface area contributed by atoms with Crippen molar-refractivity contribution in [2.45, 2.75) is 19.8 Å². The lowest BCUT2D eigenvalue weighted by molar-refractivity contribution is 0.252. The van der Waals surface area contributed by atoms with Crippen molar-refractivity contribution < 1.29 is 9.53 Å². The monoisotopic (exact) mass is 338 g/mol. The zero-order chi connectivity index (χ0) is 17.6. The van der Waals surface area contributed by atoms with Crippen LogP contribution in [0, 0.1) is 0 Å². The highest BCUT2D eigenvalue weighted by molar-refractivity contribution is 6.00. The van der Waals surface area contributed by atoms with Gasteiger partial charge in [0.05, 0.1) is 12.6 Å². The Kier molecular flexibility index (Phi) is 5.18. The van der Waals surface area contributed by atoms with Gasteiger partial charge in [-0.25, -0.2) is 4.79 Å². The number of aromatic nitrogens is 2. The van der Waals surface area contributed by atoms with Crippen molar-refractivity contribution in [1.29, 1.82) is 0 Å². The molecule has 0 saturated carbocycles. The molecule has 0 bridgehead atoms. The molecule has 3 rings (SSSR count). The largest absolute Gasteiger partial charge is 0.497 e. The third-order valence-electron chi connectivity index (χ3n) is 4.03. The van der Waals surface area contributed by atoms with E-state index >= 15 is 0 Å². The maximum atomic E-state index is 11.9. The number of unbranched alkanes of at least 4 members (excludes halogenated alkanes) is 1.